The maximum absolute atomic E-state index is 13.2. The first-order chi connectivity index (χ1) is 8.63. The van der Waals surface area contributed by atoms with Gasteiger partial charge in [0.25, 0.3) is 5.91 Å². The SMILES string of the molecule is COCC1CCCN1C(=O)c1cc(F)ccc1Br. The van der Waals surface area contributed by atoms with Gasteiger partial charge in [-0.05, 0) is 47.0 Å². The lowest BCUT2D eigenvalue weighted by atomic mass is 10.1. The average molecular weight is 316 g/mol. The fourth-order valence-corrected chi connectivity index (χ4v) is 2.70. The first kappa shape index (κ1) is 13.5. The molecule has 98 valence electrons. The lowest BCUT2D eigenvalue weighted by Crippen LogP contribution is -2.38. The molecule has 18 heavy (non-hydrogen) atoms. The van der Waals surface area contributed by atoms with Gasteiger partial charge in [-0.1, -0.05) is 0 Å². The lowest BCUT2D eigenvalue weighted by molar-refractivity contribution is 0.0629. The largest absolute Gasteiger partial charge is 0.383 e. The van der Waals surface area contributed by atoms with Crippen molar-refractivity contribution < 1.29 is 13.9 Å². The van der Waals surface area contributed by atoms with E-state index < -0.39 is 5.82 Å². The third-order valence-electron chi connectivity index (χ3n) is 3.16. The van der Waals surface area contributed by atoms with Crippen LogP contribution in [0.4, 0.5) is 4.39 Å². The lowest BCUT2D eigenvalue weighted by Gasteiger charge is -2.24. The van der Waals surface area contributed by atoms with Gasteiger partial charge in [0.1, 0.15) is 5.82 Å². The third kappa shape index (κ3) is 2.72. The van der Waals surface area contributed by atoms with Crippen LogP contribution in [0.2, 0.25) is 0 Å². The van der Waals surface area contributed by atoms with Gasteiger partial charge in [-0.15, -0.1) is 0 Å². The molecular weight excluding hydrogens is 301 g/mol. The molecule has 1 aliphatic heterocycles. The molecular formula is C13H15BrFNO2. The monoisotopic (exact) mass is 315 g/mol. The molecule has 1 amide bonds. The van der Waals surface area contributed by atoms with Gasteiger partial charge in [0.05, 0.1) is 18.2 Å². The zero-order valence-electron chi connectivity index (χ0n) is 10.2. The van der Waals surface area contributed by atoms with Crippen molar-refractivity contribution in [1.29, 1.82) is 0 Å². The van der Waals surface area contributed by atoms with Crippen LogP contribution in [0.1, 0.15) is 23.2 Å². The van der Waals surface area contributed by atoms with E-state index in [1.54, 1.807) is 18.1 Å². The highest BCUT2D eigenvalue weighted by Gasteiger charge is 2.30. The molecule has 0 saturated carbocycles. The van der Waals surface area contributed by atoms with E-state index in [0.29, 0.717) is 23.2 Å². The Hall–Kier alpha value is -0.940. The van der Waals surface area contributed by atoms with Crippen LogP contribution < -0.4 is 0 Å². The van der Waals surface area contributed by atoms with Crippen LogP contribution in [0.25, 0.3) is 0 Å². The molecule has 0 spiro atoms. The predicted molar refractivity (Wildman–Crippen MR) is 70.0 cm³/mol. The summed E-state index contributed by atoms with van der Waals surface area (Å²) in [5.74, 6) is -0.537. The number of hydrogen-bond acceptors (Lipinski definition) is 2. The molecule has 0 aliphatic carbocycles. The van der Waals surface area contributed by atoms with Gasteiger partial charge in [-0.3, -0.25) is 4.79 Å². The zero-order chi connectivity index (χ0) is 13.1. The summed E-state index contributed by atoms with van der Waals surface area (Å²) in [6.07, 6.45) is 1.90. The number of benzene rings is 1. The fourth-order valence-electron chi connectivity index (χ4n) is 2.28. The Morgan fingerprint density at radius 1 is 1.61 bits per heavy atom. The second-order valence-corrected chi connectivity index (χ2v) is 5.23. The zero-order valence-corrected chi connectivity index (χ0v) is 11.7. The van der Waals surface area contributed by atoms with Gasteiger partial charge < -0.3 is 9.64 Å². The number of rotatable bonds is 3. The van der Waals surface area contributed by atoms with E-state index >= 15 is 0 Å². The van der Waals surface area contributed by atoms with E-state index in [-0.39, 0.29) is 11.9 Å². The molecule has 0 N–H and O–H groups in total. The summed E-state index contributed by atoms with van der Waals surface area (Å²) in [7, 11) is 1.62. The maximum Gasteiger partial charge on any atom is 0.255 e. The molecule has 0 radical (unpaired) electrons. The van der Waals surface area contributed by atoms with Crippen molar-refractivity contribution in [3.63, 3.8) is 0 Å². The summed E-state index contributed by atoms with van der Waals surface area (Å²) < 4.78 is 19.0. The first-order valence-corrected chi connectivity index (χ1v) is 6.67. The topological polar surface area (TPSA) is 29.5 Å². The minimum Gasteiger partial charge on any atom is -0.383 e. The number of ether oxygens (including phenoxy) is 1. The van der Waals surface area contributed by atoms with Gasteiger partial charge in [-0.25, -0.2) is 4.39 Å². The summed E-state index contributed by atoms with van der Waals surface area (Å²) in [6.45, 7) is 1.23. The number of carbonyl (C=O) groups is 1. The Morgan fingerprint density at radius 3 is 3.11 bits per heavy atom. The van der Waals surface area contributed by atoms with Crippen molar-refractivity contribution in [3.8, 4) is 0 Å². The Bertz CT molecular complexity index is 453. The van der Waals surface area contributed by atoms with Crippen molar-refractivity contribution in [2.24, 2.45) is 0 Å². The Balaban J connectivity index is 2.22. The summed E-state index contributed by atoms with van der Waals surface area (Å²) in [5, 5.41) is 0. The number of likely N-dealkylation sites (tertiary alicyclic amines) is 1. The molecule has 1 aromatic rings. The minimum atomic E-state index is -0.399. The number of hydrogen-bond donors (Lipinski definition) is 0. The normalized spacial score (nSPS) is 19.3. The molecule has 1 heterocycles. The smallest absolute Gasteiger partial charge is 0.255 e. The highest BCUT2D eigenvalue weighted by Crippen LogP contribution is 2.24. The van der Waals surface area contributed by atoms with Crippen LogP contribution in [0.3, 0.4) is 0 Å². The van der Waals surface area contributed by atoms with Crippen molar-refractivity contribution in [1.82, 2.24) is 4.90 Å². The number of amides is 1. The standard InChI is InChI=1S/C13H15BrFNO2/c1-18-8-10-3-2-6-16(10)13(17)11-7-9(15)4-5-12(11)14/h4-5,7,10H,2-3,6,8H2,1H3. The van der Waals surface area contributed by atoms with Crippen LogP contribution in [-0.2, 0) is 4.74 Å². The molecule has 1 fully saturated rings. The van der Waals surface area contributed by atoms with Crippen LogP contribution in [0.15, 0.2) is 22.7 Å². The Kier molecular flexibility index (Phi) is 4.35. The number of halogens is 2. The second-order valence-electron chi connectivity index (χ2n) is 4.37. The quantitative estimate of drug-likeness (QED) is 0.858. The summed E-state index contributed by atoms with van der Waals surface area (Å²) in [4.78, 5) is 14.1. The highest BCUT2D eigenvalue weighted by molar-refractivity contribution is 9.10. The van der Waals surface area contributed by atoms with Gasteiger partial charge in [-0.2, -0.15) is 0 Å². The van der Waals surface area contributed by atoms with E-state index in [0.717, 1.165) is 12.8 Å². The Labute approximate surface area is 114 Å². The summed E-state index contributed by atoms with van der Waals surface area (Å²) in [5.41, 5.74) is 0.373. The molecule has 0 aromatic heterocycles. The predicted octanol–water partition coefficient (Wildman–Crippen LogP) is 2.84. The van der Waals surface area contributed by atoms with E-state index in [1.807, 2.05) is 0 Å². The number of methoxy groups -OCH3 is 1. The van der Waals surface area contributed by atoms with Crippen LogP contribution >= 0.6 is 15.9 Å². The molecule has 2 rings (SSSR count). The minimum absolute atomic E-state index is 0.0951. The van der Waals surface area contributed by atoms with Gasteiger partial charge in [0.15, 0.2) is 0 Å². The molecule has 1 atom stereocenters. The van der Waals surface area contributed by atoms with Crippen LogP contribution in [0, 0.1) is 5.82 Å². The number of nitrogens with zero attached hydrogens (tertiary/aromatic N) is 1. The molecule has 1 unspecified atom stereocenters. The van der Waals surface area contributed by atoms with E-state index in [2.05, 4.69) is 15.9 Å². The van der Waals surface area contributed by atoms with E-state index in [1.165, 1.54) is 12.1 Å². The first-order valence-electron chi connectivity index (χ1n) is 5.88. The second kappa shape index (κ2) is 5.80. The third-order valence-corrected chi connectivity index (χ3v) is 3.85. The molecule has 3 nitrogen and oxygen atoms in total. The van der Waals surface area contributed by atoms with Gasteiger partial charge in [0, 0.05) is 18.1 Å². The van der Waals surface area contributed by atoms with Crippen LogP contribution in [0.5, 0.6) is 0 Å². The van der Waals surface area contributed by atoms with Crippen LogP contribution in [-0.4, -0.2) is 37.1 Å². The highest BCUT2D eigenvalue weighted by atomic mass is 79.9. The fraction of sp³-hybridized carbons (Fsp3) is 0.462. The molecule has 1 aliphatic rings. The van der Waals surface area contributed by atoms with Crippen molar-refractivity contribution >= 4 is 21.8 Å². The molecule has 0 bridgehead atoms. The van der Waals surface area contributed by atoms with E-state index in [4.69, 9.17) is 4.74 Å². The average Bonchev–Trinajstić information content (AvgIpc) is 2.80. The van der Waals surface area contributed by atoms with Gasteiger partial charge >= 0.3 is 0 Å². The summed E-state index contributed by atoms with van der Waals surface area (Å²) >= 11 is 3.29. The number of carbonyl (C=O) groups excluding carboxylic acids is 1. The molecule has 5 heteroatoms. The van der Waals surface area contributed by atoms with Crippen molar-refractivity contribution in [2.75, 3.05) is 20.3 Å². The van der Waals surface area contributed by atoms with Crippen molar-refractivity contribution in [2.45, 2.75) is 18.9 Å². The maximum atomic E-state index is 13.2. The Morgan fingerprint density at radius 2 is 2.39 bits per heavy atom. The summed E-state index contributed by atoms with van der Waals surface area (Å²) in [6, 6.07) is 4.26. The molecule has 1 saturated heterocycles. The molecule has 1 aromatic carbocycles. The van der Waals surface area contributed by atoms with Gasteiger partial charge in [0.2, 0.25) is 0 Å². The van der Waals surface area contributed by atoms with E-state index in [9.17, 15) is 9.18 Å². The van der Waals surface area contributed by atoms with Crippen molar-refractivity contribution in [3.05, 3.63) is 34.1 Å².